The largest absolute Gasteiger partial charge is 0.459 e. The van der Waals surface area contributed by atoms with E-state index in [0.29, 0.717) is 11.4 Å². The standard InChI is InChI=1S/C22H27N3O4S/c1-22(2,3)29-20(27)15-25(17-10-6-5-7-11-17)19(26)14-23-21(28)24-16-9-8-12-18(13-16)30-4/h5-13H,14-15H2,1-4H3,(H2,23,24,28). The molecule has 2 rings (SSSR count). The number of hydrogen-bond donors (Lipinski definition) is 2. The third kappa shape index (κ3) is 7.79. The normalized spacial score (nSPS) is 10.8. The van der Waals surface area contributed by atoms with E-state index in [2.05, 4.69) is 10.6 Å². The van der Waals surface area contributed by atoms with Crippen LogP contribution in [0.1, 0.15) is 20.8 Å². The first-order valence-corrected chi connectivity index (χ1v) is 10.7. The van der Waals surface area contributed by atoms with Crippen LogP contribution in [0.3, 0.4) is 0 Å². The van der Waals surface area contributed by atoms with Gasteiger partial charge < -0.3 is 15.4 Å². The van der Waals surface area contributed by atoms with Crippen molar-refractivity contribution in [3.63, 3.8) is 0 Å². The average molecular weight is 430 g/mol. The van der Waals surface area contributed by atoms with Crippen molar-refractivity contribution >= 4 is 41.0 Å². The lowest BCUT2D eigenvalue weighted by atomic mass is 10.2. The van der Waals surface area contributed by atoms with E-state index < -0.39 is 23.5 Å². The molecule has 3 amide bonds. The first-order valence-electron chi connectivity index (χ1n) is 9.44. The number of anilines is 2. The minimum atomic E-state index is -0.661. The van der Waals surface area contributed by atoms with Crippen LogP contribution in [-0.4, -0.2) is 42.9 Å². The molecule has 0 aromatic heterocycles. The van der Waals surface area contributed by atoms with E-state index in [-0.39, 0.29) is 13.1 Å². The molecule has 0 aliphatic carbocycles. The lowest BCUT2D eigenvalue weighted by molar-refractivity contribution is -0.153. The summed E-state index contributed by atoms with van der Waals surface area (Å²) in [5, 5.41) is 5.24. The monoisotopic (exact) mass is 429 g/mol. The van der Waals surface area contributed by atoms with Gasteiger partial charge in [0.1, 0.15) is 12.1 Å². The first-order chi connectivity index (χ1) is 14.2. The Morgan fingerprint density at radius 1 is 1.03 bits per heavy atom. The topological polar surface area (TPSA) is 87.7 Å². The SMILES string of the molecule is CSc1cccc(NC(=O)NCC(=O)N(CC(=O)OC(C)(C)C)c2ccccc2)c1. The minimum absolute atomic E-state index is 0.251. The highest BCUT2D eigenvalue weighted by Crippen LogP contribution is 2.19. The summed E-state index contributed by atoms with van der Waals surface area (Å²) in [6.07, 6.45) is 1.95. The molecule has 0 radical (unpaired) electrons. The van der Waals surface area contributed by atoms with Crippen LogP contribution < -0.4 is 15.5 Å². The summed E-state index contributed by atoms with van der Waals surface area (Å²) in [4.78, 5) is 39.5. The quantitative estimate of drug-likeness (QED) is 0.515. The minimum Gasteiger partial charge on any atom is -0.459 e. The Balaban J connectivity index is 2.01. The molecule has 160 valence electrons. The van der Waals surface area contributed by atoms with E-state index in [4.69, 9.17) is 4.74 Å². The van der Waals surface area contributed by atoms with Crippen LogP contribution >= 0.6 is 11.8 Å². The second-order valence-corrected chi connectivity index (χ2v) is 8.32. The predicted molar refractivity (Wildman–Crippen MR) is 120 cm³/mol. The Kier molecular flexibility index (Phi) is 8.29. The molecule has 0 atom stereocenters. The second-order valence-electron chi connectivity index (χ2n) is 7.44. The van der Waals surface area contributed by atoms with Crippen LogP contribution in [0.25, 0.3) is 0 Å². The maximum atomic E-state index is 12.8. The third-order valence-electron chi connectivity index (χ3n) is 3.80. The Labute approximate surface area is 181 Å². The zero-order valence-electron chi connectivity index (χ0n) is 17.6. The van der Waals surface area contributed by atoms with Crippen molar-refractivity contribution < 1.29 is 19.1 Å². The van der Waals surface area contributed by atoms with E-state index in [0.717, 1.165) is 4.90 Å². The van der Waals surface area contributed by atoms with Crippen molar-refractivity contribution in [3.05, 3.63) is 54.6 Å². The highest BCUT2D eigenvalue weighted by atomic mass is 32.2. The van der Waals surface area contributed by atoms with Crippen LogP contribution in [-0.2, 0) is 14.3 Å². The Morgan fingerprint density at radius 3 is 2.37 bits per heavy atom. The van der Waals surface area contributed by atoms with E-state index in [1.807, 2.05) is 30.5 Å². The van der Waals surface area contributed by atoms with Gasteiger partial charge in [-0.2, -0.15) is 0 Å². The Bertz CT molecular complexity index is 881. The zero-order chi connectivity index (χ0) is 22.1. The first kappa shape index (κ1) is 23.3. The highest BCUT2D eigenvalue weighted by molar-refractivity contribution is 7.98. The van der Waals surface area contributed by atoms with E-state index in [1.54, 1.807) is 62.9 Å². The Hall–Kier alpha value is -3.00. The number of urea groups is 1. The fourth-order valence-corrected chi connectivity index (χ4v) is 3.02. The Morgan fingerprint density at radius 2 is 1.73 bits per heavy atom. The van der Waals surface area contributed by atoms with Crippen molar-refractivity contribution in [2.24, 2.45) is 0 Å². The van der Waals surface area contributed by atoms with Gasteiger partial charge in [0.25, 0.3) is 0 Å². The number of nitrogens with zero attached hydrogens (tertiary/aromatic N) is 1. The van der Waals surface area contributed by atoms with E-state index in [1.165, 1.54) is 4.90 Å². The molecule has 7 nitrogen and oxygen atoms in total. The number of rotatable bonds is 7. The van der Waals surface area contributed by atoms with Crippen molar-refractivity contribution in [1.82, 2.24) is 5.32 Å². The summed E-state index contributed by atoms with van der Waals surface area (Å²) in [6.45, 7) is 4.76. The number of ether oxygens (including phenoxy) is 1. The molecule has 0 unspecified atom stereocenters. The zero-order valence-corrected chi connectivity index (χ0v) is 18.4. The molecule has 0 heterocycles. The number of hydrogen-bond acceptors (Lipinski definition) is 5. The fourth-order valence-electron chi connectivity index (χ4n) is 2.56. The molecule has 0 fully saturated rings. The molecule has 0 aliphatic heterocycles. The molecule has 0 bridgehead atoms. The highest BCUT2D eigenvalue weighted by Gasteiger charge is 2.23. The number of carbonyl (C=O) groups is 3. The predicted octanol–water partition coefficient (Wildman–Crippen LogP) is 3.90. The number of thioether (sulfide) groups is 1. The third-order valence-corrected chi connectivity index (χ3v) is 4.53. The van der Waals surface area contributed by atoms with Gasteiger partial charge in [-0.3, -0.25) is 14.5 Å². The van der Waals surface area contributed by atoms with Crippen LogP contribution in [0.2, 0.25) is 0 Å². The summed E-state index contributed by atoms with van der Waals surface area (Å²) < 4.78 is 5.33. The van der Waals surface area contributed by atoms with Crippen molar-refractivity contribution in [2.45, 2.75) is 31.3 Å². The number of amides is 3. The van der Waals surface area contributed by atoms with Crippen molar-refractivity contribution in [2.75, 3.05) is 29.6 Å². The van der Waals surface area contributed by atoms with Gasteiger partial charge in [-0.1, -0.05) is 24.3 Å². The summed E-state index contributed by atoms with van der Waals surface area (Å²) in [5.41, 5.74) is 0.509. The summed E-state index contributed by atoms with van der Waals surface area (Å²) in [5.74, 6) is -0.960. The smallest absolute Gasteiger partial charge is 0.326 e. The molecule has 30 heavy (non-hydrogen) atoms. The van der Waals surface area contributed by atoms with Gasteiger partial charge >= 0.3 is 12.0 Å². The van der Waals surface area contributed by atoms with Crippen LogP contribution in [0, 0.1) is 0 Å². The molecule has 2 aromatic carbocycles. The van der Waals surface area contributed by atoms with Gasteiger partial charge in [-0.25, -0.2) is 4.79 Å². The number of carbonyl (C=O) groups excluding carboxylic acids is 3. The summed E-state index contributed by atoms with van der Waals surface area (Å²) in [6, 6.07) is 15.7. The van der Waals surface area contributed by atoms with Crippen molar-refractivity contribution in [1.29, 1.82) is 0 Å². The number of esters is 1. The van der Waals surface area contributed by atoms with Gasteiger partial charge in [0.2, 0.25) is 5.91 Å². The molecule has 0 aliphatic rings. The van der Waals surface area contributed by atoms with Crippen LogP contribution in [0.5, 0.6) is 0 Å². The average Bonchev–Trinajstić information content (AvgIpc) is 2.69. The van der Waals surface area contributed by atoms with E-state index >= 15 is 0 Å². The molecule has 0 saturated heterocycles. The molecule has 0 spiro atoms. The van der Waals surface area contributed by atoms with Crippen LogP contribution in [0.15, 0.2) is 59.5 Å². The maximum Gasteiger partial charge on any atom is 0.326 e. The second kappa shape index (κ2) is 10.7. The molecular formula is C22H27N3O4S. The van der Waals surface area contributed by atoms with Crippen LogP contribution in [0.4, 0.5) is 16.2 Å². The molecular weight excluding hydrogens is 402 g/mol. The van der Waals surface area contributed by atoms with Gasteiger partial charge in [0.05, 0.1) is 6.54 Å². The number of nitrogens with one attached hydrogen (secondary N) is 2. The lowest BCUT2D eigenvalue weighted by Gasteiger charge is -2.25. The summed E-state index contributed by atoms with van der Waals surface area (Å²) >= 11 is 1.56. The molecule has 0 saturated carbocycles. The molecule has 2 N–H and O–H groups in total. The maximum absolute atomic E-state index is 12.8. The summed E-state index contributed by atoms with van der Waals surface area (Å²) in [7, 11) is 0. The number of benzene rings is 2. The number of para-hydroxylation sites is 1. The lowest BCUT2D eigenvalue weighted by Crippen LogP contribution is -2.45. The molecule has 8 heteroatoms. The van der Waals surface area contributed by atoms with Gasteiger partial charge in [-0.15, -0.1) is 11.8 Å². The fraction of sp³-hybridized carbons (Fsp3) is 0.318. The van der Waals surface area contributed by atoms with Gasteiger partial charge in [-0.05, 0) is 57.4 Å². The van der Waals surface area contributed by atoms with E-state index in [9.17, 15) is 14.4 Å². The van der Waals surface area contributed by atoms with Crippen molar-refractivity contribution in [3.8, 4) is 0 Å². The molecule has 2 aromatic rings. The van der Waals surface area contributed by atoms with Gasteiger partial charge in [0, 0.05) is 16.3 Å². The van der Waals surface area contributed by atoms with Gasteiger partial charge in [0.15, 0.2) is 0 Å².